The second-order valence-corrected chi connectivity index (χ2v) is 7.31. The van der Waals surface area contributed by atoms with Crippen molar-refractivity contribution in [3.8, 4) is 11.5 Å². The van der Waals surface area contributed by atoms with Gasteiger partial charge in [0.15, 0.2) is 6.61 Å². The Balaban J connectivity index is 1.71. The van der Waals surface area contributed by atoms with Crippen molar-refractivity contribution in [2.45, 2.75) is 33.7 Å². The number of amides is 1. The lowest BCUT2D eigenvalue weighted by molar-refractivity contribution is -0.136. The Bertz CT molecular complexity index is 1160. The van der Waals surface area contributed by atoms with Gasteiger partial charge in [-0.1, -0.05) is 17.7 Å². The molecule has 1 N–H and O–H groups in total. The van der Waals surface area contributed by atoms with Crippen LogP contribution in [-0.2, 0) is 4.79 Å². The molecular formula is C23H23NO6. The van der Waals surface area contributed by atoms with Gasteiger partial charge < -0.3 is 19.2 Å². The van der Waals surface area contributed by atoms with Crippen molar-refractivity contribution in [1.82, 2.24) is 5.32 Å². The summed E-state index contributed by atoms with van der Waals surface area (Å²) in [4.78, 5) is 36.4. The molecule has 0 saturated heterocycles. The molecule has 30 heavy (non-hydrogen) atoms. The number of nitrogens with one attached hydrogen (secondary N) is 1. The van der Waals surface area contributed by atoms with E-state index in [2.05, 4.69) is 5.32 Å². The minimum Gasteiger partial charge on any atom is -0.482 e. The van der Waals surface area contributed by atoms with Gasteiger partial charge in [0, 0.05) is 17.5 Å². The Morgan fingerprint density at radius 2 is 1.83 bits per heavy atom. The van der Waals surface area contributed by atoms with Crippen LogP contribution in [0, 0.1) is 13.8 Å². The summed E-state index contributed by atoms with van der Waals surface area (Å²) in [5.74, 6) is -0.280. The first-order valence-corrected chi connectivity index (χ1v) is 9.52. The summed E-state index contributed by atoms with van der Waals surface area (Å²) >= 11 is 0. The van der Waals surface area contributed by atoms with Crippen molar-refractivity contribution >= 4 is 22.8 Å². The number of carbonyl (C=O) groups excluding carboxylic acids is 2. The minimum absolute atomic E-state index is 0.0807. The van der Waals surface area contributed by atoms with Crippen LogP contribution in [0.15, 0.2) is 51.7 Å². The lowest BCUT2D eigenvalue weighted by Crippen LogP contribution is -2.33. The van der Waals surface area contributed by atoms with E-state index in [1.54, 1.807) is 32.0 Å². The largest absolute Gasteiger partial charge is 0.482 e. The lowest BCUT2D eigenvalue weighted by atomic mass is 10.1. The number of esters is 1. The van der Waals surface area contributed by atoms with Crippen LogP contribution in [0.25, 0.3) is 11.0 Å². The van der Waals surface area contributed by atoms with Crippen LogP contribution in [0.2, 0.25) is 0 Å². The molecule has 0 aliphatic rings. The normalized spacial score (nSPS) is 10.8. The zero-order valence-corrected chi connectivity index (χ0v) is 17.3. The standard InChI is InChI=1S/C23H23NO6/c1-13(2)24-22(26)18-10-16-6-7-17(11-20(16)30-23(18)27)29-21(25)12-28-19-8-5-14(3)9-15(19)4/h5-11,13H,12H2,1-4H3,(H,24,26). The van der Waals surface area contributed by atoms with E-state index in [0.717, 1.165) is 11.1 Å². The number of hydrogen-bond donors (Lipinski definition) is 1. The number of ether oxygens (including phenoxy) is 2. The maximum absolute atomic E-state index is 12.1. The highest BCUT2D eigenvalue weighted by molar-refractivity contribution is 5.96. The molecule has 2 aromatic carbocycles. The summed E-state index contributed by atoms with van der Waals surface area (Å²) in [6.45, 7) is 7.20. The van der Waals surface area contributed by atoms with Gasteiger partial charge in [-0.2, -0.15) is 0 Å². The van der Waals surface area contributed by atoms with Gasteiger partial charge in [0.05, 0.1) is 0 Å². The third-order valence-corrected chi connectivity index (χ3v) is 4.28. The minimum atomic E-state index is -0.762. The molecule has 3 rings (SSSR count). The maximum Gasteiger partial charge on any atom is 0.349 e. The van der Waals surface area contributed by atoms with E-state index < -0.39 is 17.5 Å². The van der Waals surface area contributed by atoms with Crippen molar-refractivity contribution in [3.05, 3.63) is 69.6 Å². The first-order valence-electron chi connectivity index (χ1n) is 9.52. The van der Waals surface area contributed by atoms with E-state index in [4.69, 9.17) is 13.9 Å². The van der Waals surface area contributed by atoms with Crippen LogP contribution >= 0.6 is 0 Å². The van der Waals surface area contributed by atoms with Crippen molar-refractivity contribution in [2.75, 3.05) is 6.61 Å². The van der Waals surface area contributed by atoms with E-state index in [9.17, 15) is 14.4 Å². The molecule has 7 nitrogen and oxygen atoms in total. The molecule has 1 amide bonds. The van der Waals surface area contributed by atoms with Gasteiger partial charge in [-0.05, 0) is 57.5 Å². The molecule has 3 aromatic rings. The fourth-order valence-electron chi connectivity index (χ4n) is 2.91. The summed E-state index contributed by atoms with van der Waals surface area (Å²) in [6.07, 6.45) is 0. The van der Waals surface area contributed by atoms with Gasteiger partial charge >= 0.3 is 11.6 Å². The average molecular weight is 409 g/mol. The number of aryl methyl sites for hydroxylation is 2. The Morgan fingerprint density at radius 1 is 1.07 bits per heavy atom. The zero-order chi connectivity index (χ0) is 21.8. The quantitative estimate of drug-likeness (QED) is 0.380. The van der Waals surface area contributed by atoms with Crippen molar-refractivity contribution in [1.29, 1.82) is 0 Å². The van der Waals surface area contributed by atoms with Gasteiger partial charge in [-0.25, -0.2) is 9.59 Å². The van der Waals surface area contributed by atoms with Crippen molar-refractivity contribution < 1.29 is 23.5 Å². The molecule has 156 valence electrons. The van der Waals surface area contributed by atoms with E-state index >= 15 is 0 Å². The molecule has 0 fully saturated rings. The van der Waals surface area contributed by atoms with Crippen molar-refractivity contribution in [3.63, 3.8) is 0 Å². The number of rotatable bonds is 6. The SMILES string of the molecule is Cc1ccc(OCC(=O)Oc2ccc3cc(C(=O)NC(C)C)c(=O)oc3c2)c(C)c1. The number of hydrogen-bond acceptors (Lipinski definition) is 6. The second kappa shape index (κ2) is 8.82. The lowest BCUT2D eigenvalue weighted by Gasteiger charge is -2.10. The predicted octanol–water partition coefficient (Wildman–Crippen LogP) is 3.53. The highest BCUT2D eigenvalue weighted by Crippen LogP contribution is 2.22. The molecule has 1 aromatic heterocycles. The highest BCUT2D eigenvalue weighted by Gasteiger charge is 2.15. The molecule has 0 saturated carbocycles. The highest BCUT2D eigenvalue weighted by atomic mass is 16.6. The van der Waals surface area contributed by atoms with Gasteiger partial charge in [0.25, 0.3) is 5.91 Å². The van der Waals surface area contributed by atoms with Crippen LogP contribution in [0.5, 0.6) is 11.5 Å². The summed E-state index contributed by atoms with van der Waals surface area (Å²) in [7, 11) is 0. The van der Waals surface area contributed by atoms with E-state index in [1.165, 1.54) is 12.1 Å². The third kappa shape index (κ3) is 5.05. The van der Waals surface area contributed by atoms with Gasteiger partial charge in [0.2, 0.25) is 0 Å². The fraction of sp³-hybridized carbons (Fsp3) is 0.261. The maximum atomic E-state index is 12.1. The van der Waals surface area contributed by atoms with Gasteiger partial charge in [0.1, 0.15) is 22.6 Å². The summed E-state index contributed by atoms with van der Waals surface area (Å²) in [5, 5.41) is 3.19. The van der Waals surface area contributed by atoms with Crippen LogP contribution in [0.1, 0.15) is 35.3 Å². The number of carbonyl (C=O) groups is 2. The Kier molecular flexibility index (Phi) is 6.20. The van der Waals surface area contributed by atoms with Crippen LogP contribution < -0.4 is 20.4 Å². The zero-order valence-electron chi connectivity index (χ0n) is 17.3. The topological polar surface area (TPSA) is 94.8 Å². The van der Waals surface area contributed by atoms with Crippen LogP contribution in [0.4, 0.5) is 0 Å². The fourth-order valence-corrected chi connectivity index (χ4v) is 2.91. The molecule has 0 unspecified atom stereocenters. The van der Waals surface area contributed by atoms with E-state index in [1.807, 2.05) is 26.0 Å². The second-order valence-electron chi connectivity index (χ2n) is 7.31. The molecule has 7 heteroatoms. The Morgan fingerprint density at radius 3 is 2.53 bits per heavy atom. The molecular weight excluding hydrogens is 386 g/mol. The monoisotopic (exact) mass is 409 g/mol. The van der Waals surface area contributed by atoms with Crippen LogP contribution in [0.3, 0.4) is 0 Å². The number of fused-ring (bicyclic) bond motifs is 1. The van der Waals surface area contributed by atoms with Crippen molar-refractivity contribution in [2.24, 2.45) is 0 Å². The summed E-state index contributed by atoms with van der Waals surface area (Å²) < 4.78 is 16.0. The predicted molar refractivity (Wildman–Crippen MR) is 112 cm³/mol. The first kappa shape index (κ1) is 21.1. The molecule has 0 aliphatic carbocycles. The first-order chi connectivity index (χ1) is 14.2. The smallest absolute Gasteiger partial charge is 0.349 e. The Hall–Kier alpha value is -3.61. The van der Waals surface area contributed by atoms with Crippen LogP contribution in [-0.4, -0.2) is 24.5 Å². The molecule has 1 heterocycles. The summed E-state index contributed by atoms with van der Waals surface area (Å²) in [6, 6.07) is 11.6. The van der Waals surface area contributed by atoms with E-state index in [-0.39, 0.29) is 29.5 Å². The third-order valence-electron chi connectivity index (χ3n) is 4.28. The van der Waals surface area contributed by atoms with E-state index in [0.29, 0.717) is 11.1 Å². The molecule has 0 radical (unpaired) electrons. The summed E-state index contributed by atoms with van der Waals surface area (Å²) in [5.41, 5.74) is 1.39. The average Bonchev–Trinajstić information content (AvgIpc) is 2.66. The number of benzene rings is 2. The molecule has 0 atom stereocenters. The van der Waals surface area contributed by atoms with Gasteiger partial charge in [-0.3, -0.25) is 4.79 Å². The van der Waals surface area contributed by atoms with Gasteiger partial charge in [-0.15, -0.1) is 0 Å². The molecule has 0 bridgehead atoms. The molecule has 0 spiro atoms. The Labute approximate surface area is 173 Å². The molecule has 0 aliphatic heterocycles.